The number of amides is 2. The highest BCUT2D eigenvalue weighted by Gasteiger charge is 2.33. The van der Waals surface area contributed by atoms with E-state index in [4.69, 9.17) is 15.2 Å². The van der Waals surface area contributed by atoms with E-state index in [1.165, 1.54) is 12.1 Å². The van der Waals surface area contributed by atoms with Crippen LogP contribution < -0.4 is 10.5 Å². The number of hydrogen-bond acceptors (Lipinski definition) is 5. The average Bonchev–Trinajstić information content (AvgIpc) is 2.69. The van der Waals surface area contributed by atoms with E-state index in [0.717, 1.165) is 38.9 Å². The van der Waals surface area contributed by atoms with Crippen molar-refractivity contribution in [1.82, 2.24) is 9.80 Å². The third-order valence-electron chi connectivity index (χ3n) is 5.31. The molecule has 2 heterocycles. The average molecular weight is 393 g/mol. The van der Waals surface area contributed by atoms with Gasteiger partial charge in [-0.1, -0.05) is 0 Å². The van der Waals surface area contributed by atoms with Gasteiger partial charge in [0.1, 0.15) is 30.9 Å². The van der Waals surface area contributed by atoms with Crippen LogP contribution in [0.25, 0.3) is 0 Å². The lowest BCUT2D eigenvalue weighted by Crippen LogP contribution is -2.55. The van der Waals surface area contributed by atoms with Crippen molar-refractivity contribution in [2.24, 2.45) is 5.73 Å². The number of piperidine rings is 1. The molecule has 0 unspecified atom stereocenters. The number of primary amides is 1. The zero-order chi connectivity index (χ0) is 19.9. The second-order valence-corrected chi connectivity index (χ2v) is 7.39. The maximum Gasteiger partial charge on any atom is 0.248 e. The fourth-order valence-electron chi connectivity index (χ4n) is 3.75. The van der Waals surface area contributed by atoms with E-state index in [2.05, 4.69) is 4.90 Å². The topological polar surface area (TPSA) is 85.1 Å². The van der Waals surface area contributed by atoms with Crippen molar-refractivity contribution < 1.29 is 23.5 Å². The molecular formula is C20H28FN3O4. The molecular weight excluding hydrogens is 365 g/mol. The van der Waals surface area contributed by atoms with Gasteiger partial charge in [0.15, 0.2) is 0 Å². The number of carbonyl (C=O) groups excluding carboxylic acids is 2. The molecule has 0 aliphatic carbocycles. The van der Waals surface area contributed by atoms with Crippen molar-refractivity contribution in [2.45, 2.75) is 37.8 Å². The van der Waals surface area contributed by atoms with E-state index in [1.54, 1.807) is 12.1 Å². The zero-order valence-electron chi connectivity index (χ0n) is 16.0. The Morgan fingerprint density at radius 2 is 1.96 bits per heavy atom. The van der Waals surface area contributed by atoms with Gasteiger partial charge in [-0.05, 0) is 50.1 Å². The van der Waals surface area contributed by atoms with E-state index < -0.39 is 0 Å². The fraction of sp³-hybridized carbons (Fsp3) is 0.600. The van der Waals surface area contributed by atoms with Crippen LogP contribution in [0.15, 0.2) is 24.3 Å². The zero-order valence-corrected chi connectivity index (χ0v) is 16.0. The van der Waals surface area contributed by atoms with Crippen molar-refractivity contribution in [3.63, 3.8) is 0 Å². The highest BCUT2D eigenvalue weighted by atomic mass is 19.1. The second-order valence-electron chi connectivity index (χ2n) is 7.39. The van der Waals surface area contributed by atoms with Gasteiger partial charge in [0, 0.05) is 25.6 Å². The molecule has 0 saturated carbocycles. The molecule has 2 fully saturated rings. The lowest BCUT2D eigenvalue weighted by molar-refractivity contribution is -0.155. The number of nitrogens with zero attached hydrogens (tertiary/aromatic N) is 2. The number of nitrogens with two attached hydrogens (primary N) is 1. The van der Waals surface area contributed by atoms with Crippen molar-refractivity contribution >= 4 is 11.8 Å². The number of hydrogen-bond donors (Lipinski definition) is 1. The summed E-state index contributed by atoms with van der Waals surface area (Å²) >= 11 is 0. The Morgan fingerprint density at radius 1 is 1.25 bits per heavy atom. The van der Waals surface area contributed by atoms with E-state index in [0.29, 0.717) is 25.3 Å². The second kappa shape index (κ2) is 9.84. The molecule has 8 heteroatoms. The molecule has 2 aliphatic rings. The Labute approximate surface area is 164 Å². The maximum absolute atomic E-state index is 13.0. The SMILES string of the molecule is NC(=O)CCCN1CCC(N2C[C@@H](COc3ccc(F)cc3)OCC2=O)CC1. The predicted molar refractivity (Wildman–Crippen MR) is 101 cm³/mol. The first-order valence-electron chi connectivity index (χ1n) is 9.81. The molecule has 1 aromatic rings. The van der Waals surface area contributed by atoms with E-state index in [1.807, 2.05) is 4.90 Å². The summed E-state index contributed by atoms with van der Waals surface area (Å²) in [5, 5.41) is 0. The third-order valence-corrected chi connectivity index (χ3v) is 5.31. The molecule has 154 valence electrons. The van der Waals surface area contributed by atoms with Crippen LogP contribution in [0.5, 0.6) is 5.75 Å². The normalized spacial score (nSPS) is 21.7. The minimum Gasteiger partial charge on any atom is -0.491 e. The molecule has 2 saturated heterocycles. The Balaban J connectivity index is 1.44. The van der Waals surface area contributed by atoms with Crippen LogP contribution in [0.2, 0.25) is 0 Å². The number of rotatable bonds is 8. The van der Waals surface area contributed by atoms with Gasteiger partial charge in [0.2, 0.25) is 11.8 Å². The lowest BCUT2D eigenvalue weighted by Gasteiger charge is -2.42. The monoisotopic (exact) mass is 393 g/mol. The van der Waals surface area contributed by atoms with Crippen molar-refractivity contribution in [3.05, 3.63) is 30.1 Å². The summed E-state index contributed by atoms with van der Waals surface area (Å²) in [6.45, 7) is 3.57. The van der Waals surface area contributed by atoms with Crippen LogP contribution in [0.3, 0.4) is 0 Å². The van der Waals surface area contributed by atoms with Gasteiger partial charge < -0.3 is 25.0 Å². The molecule has 0 radical (unpaired) electrons. The predicted octanol–water partition coefficient (Wildman–Crippen LogP) is 1.16. The quantitative estimate of drug-likeness (QED) is 0.717. The van der Waals surface area contributed by atoms with Crippen LogP contribution in [-0.2, 0) is 14.3 Å². The molecule has 2 N–H and O–H groups in total. The standard InChI is InChI=1S/C20H28FN3O4/c21-15-3-5-17(6-4-15)27-13-18-12-24(20(26)14-28-18)16-7-10-23(11-8-16)9-1-2-19(22)25/h3-6,16,18H,1-2,7-14H2,(H2,22,25)/t18-/m0/s1. The summed E-state index contributed by atoms with van der Waals surface area (Å²) in [4.78, 5) is 27.4. The maximum atomic E-state index is 13.0. The first-order valence-corrected chi connectivity index (χ1v) is 9.81. The fourth-order valence-corrected chi connectivity index (χ4v) is 3.75. The van der Waals surface area contributed by atoms with Crippen molar-refractivity contribution in [2.75, 3.05) is 39.4 Å². The van der Waals surface area contributed by atoms with Crippen LogP contribution in [0.4, 0.5) is 4.39 Å². The summed E-state index contributed by atoms with van der Waals surface area (Å²) in [6, 6.07) is 6.07. The summed E-state index contributed by atoms with van der Waals surface area (Å²) in [7, 11) is 0. The number of ether oxygens (including phenoxy) is 2. The number of halogens is 1. The van der Waals surface area contributed by atoms with Crippen LogP contribution in [0.1, 0.15) is 25.7 Å². The Kier molecular flexibility index (Phi) is 7.22. The summed E-state index contributed by atoms with van der Waals surface area (Å²) in [5.74, 6) is 0.0321. The number of carbonyl (C=O) groups is 2. The number of benzene rings is 1. The van der Waals surface area contributed by atoms with Crippen LogP contribution >= 0.6 is 0 Å². The summed E-state index contributed by atoms with van der Waals surface area (Å²) in [5.41, 5.74) is 5.18. The van der Waals surface area contributed by atoms with Crippen LogP contribution in [0, 0.1) is 5.82 Å². The first-order chi connectivity index (χ1) is 13.5. The summed E-state index contributed by atoms with van der Waals surface area (Å²) < 4.78 is 24.3. The molecule has 0 aromatic heterocycles. The van der Waals surface area contributed by atoms with Gasteiger partial charge in [-0.3, -0.25) is 9.59 Å². The molecule has 2 aliphatic heterocycles. The Bertz CT molecular complexity index is 662. The molecule has 1 aromatic carbocycles. The molecule has 1 atom stereocenters. The molecule has 28 heavy (non-hydrogen) atoms. The van der Waals surface area contributed by atoms with Gasteiger partial charge in [-0.25, -0.2) is 4.39 Å². The third kappa shape index (κ3) is 5.90. The molecule has 7 nitrogen and oxygen atoms in total. The van der Waals surface area contributed by atoms with Gasteiger partial charge in [0.05, 0.1) is 6.54 Å². The molecule has 0 bridgehead atoms. The van der Waals surface area contributed by atoms with Crippen LogP contribution in [-0.4, -0.2) is 73.2 Å². The van der Waals surface area contributed by atoms with Gasteiger partial charge in [-0.2, -0.15) is 0 Å². The van der Waals surface area contributed by atoms with Gasteiger partial charge in [-0.15, -0.1) is 0 Å². The minimum atomic E-state index is -0.306. The first kappa shape index (κ1) is 20.5. The van der Waals surface area contributed by atoms with Crippen molar-refractivity contribution in [1.29, 1.82) is 0 Å². The van der Waals surface area contributed by atoms with Gasteiger partial charge >= 0.3 is 0 Å². The van der Waals surface area contributed by atoms with E-state index >= 15 is 0 Å². The Morgan fingerprint density at radius 3 is 2.64 bits per heavy atom. The largest absolute Gasteiger partial charge is 0.491 e. The van der Waals surface area contributed by atoms with Crippen molar-refractivity contribution in [3.8, 4) is 5.75 Å². The Hall–Kier alpha value is -2.19. The molecule has 3 rings (SSSR count). The number of morpholine rings is 1. The molecule has 2 amide bonds. The minimum absolute atomic E-state index is 0.0187. The lowest BCUT2D eigenvalue weighted by atomic mass is 10.0. The highest BCUT2D eigenvalue weighted by Crippen LogP contribution is 2.21. The van der Waals surface area contributed by atoms with E-state index in [-0.39, 0.29) is 36.4 Å². The molecule has 0 spiro atoms. The smallest absolute Gasteiger partial charge is 0.248 e. The summed E-state index contributed by atoms with van der Waals surface area (Å²) in [6.07, 6.45) is 2.81. The highest BCUT2D eigenvalue weighted by molar-refractivity contribution is 5.78. The van der Waals surface area contributed by atoms with Gasteiger partial charge in [0.25, 0.3) is 0 Å². The number of likely N-dealkylation sites (tertiary alicyclic amines) is 1. The van der Waals surface area contributed by atoms with E-state index in [9.17, 15) is 14.0 Å².